The average Bonchev–Trinajstić information content (AvgIpc) is 2.67. The lowest BCUT2D eigenvalue weighted by atomic mass is 9.90. The molecule has 0 saturated heterocycles. The predicted molar refractivity (Wildman–Crippen MR) is 107 cm³/mol. The van der Waals surface area contributed by atoms with E-state index >= 15 is 0 Å². The monoisotopic (exact) mass is 383 g/mol. The van der Waals surface area contributed by atoms with Gasteiger partial charge in [0, 0.05) is 36.8 Å². The van der Waals surface area contributed by atoms with Crippen LogP contribution in [-0.2, 0) is 11.3 Å². The normalized spacial score (nSPS) is 19.1. The molecule has 0 unspecified atom stereocenters. The third-order valence-electron chi connectivity index (χ3n) is 5.23. The summed E-state index contributed by atoms with van der Waals surface area (Å²) in [4.78, 5) is 26.4. The smallest absolute Gasteiger partial charge is 0.255 e. The predicted octanol–water partition coefficient (Wildman–Crippen LogP) is 3.70. The first-order valence-electron chi connectivity index (χ1n) is 9.61. The lowest BCUT2D eigenvalue weighted by Gasteiger charge is -2.35. The molecule has 2 aromatic carbocycles. The minimum atomic E-state index is -0.383. The van der Waals surface area contributed by atoms with Crippen molar-refractivity contribution in [3.63, 3.8) is 0 Å². The first-order chi connectivity index (χ1) is 13.4. The molecule has 0 spiro atoms. The van der Waals surface area contributed by atoms with Crippen LogP contribution in [0.4, 0.5) is 10.1 Å². The van der Waals surface area contributed by atoms with Gasteiger partial charge in [-0.1, -0.05) is 12.1 Å². The Hall–Kier alpha value is -2.73. The summed E-state index contributed by atoms with van der Waals surface area (Å²) < 4.78 is 13.0. The van der Waals surface area contributed by atoms with Crippen LogP contribution >= 0.6 is 0 Å². The van der Waals surface area contributed by atoms with E-state index in [1.54, 1.807) is 13.0 Å². The second kappa shape index (κ2) is 8.97. The summed E-state index contributed by atoms with van der Waals surface area (Å²) in [6.07, 6.45) is 3.70. The van der Waals surface area contributed by atoms with Crippen LogP contribution in [0.15, 0.2) is 48.5 Å². The standard InChI is InChI=1S/C22H26FN3O2/c1-15(27)26(21-11-9-19(24)10-12-21)14-16-3-2-4-20(13-16)25-22(28)17-5-7-18(23)8-6-17/h2-8,13,19,21H,9-12,14,24H2,1H3,(H,25,28). The first-order valence-corrected chi connectivity index (χ1v) is 9.61. The number of halogens is 1. The number of benzene rings is 2. The molecule has 3 rings (SSSR count). The number of nitrogens with two attached hydrogens (primary N) is 1. The highest BCUT2D eigenvalue weighted by atomic mass is 19.1. The van der Waals surface area contributed by atoms with Crippen LogP contribution in [-0.4, -0.2) is 28.8 Å². The molecule has 5 nitrogen and oxygen atoms in total. The summed E-state index contributed by atoms with van der Waals surface area (Å²) in [6.45, 7) is 2.09. The minimum absolute atomic E-state index is 0.0428. The van der Waals surface area contributed by atoms with Gasteiger partial charge in [-0.05, 0) is 67.6 Å². The van der Waals surface area contributed by atoms with Crippen LogP contribution in [0.3, 0.4) is 0 Å². The van der Waals surface area contributed by atoms with Crippen molar-refractivity contribution in [2.45, 2.75) is 51.2 Å². The molecule has 2 aromatic rings. The SMILES string of the molecule is CC(=O)N(Cc1cccc(NC(=O)c2ccc(F)cc2)c1)C1CCC(N)CC1. The Bertz CT molecular complexity index is 830. The summed E-state index contributed by atoms with van der Waals surface area (Å²) >= 11 is 0. The molecule has 2 amide bonds. The van der Waals surface area contributed by atoms with Gasteiger partial charge < -0.3 is 16.0 Å². The second-order valence-corrected chi connectivity index (χ2v) is 7.38. The lowest BCUT2D eigenvalue weighted by molar-refractivity contribution is -0.132. The third-order valence-corrected chi connectivity index (χ3v) is 5.23. The highest BCUT2D eigenvalue weighted by Crippen LogP contribution is 2.24. The molecule has 1 fully saturated rings. The van der Waals surface area contributed by atoms with Crippen molar-refractivity contribution >= 4 is 17.5 Å². The Morgan fingerprint density at radius 3 is 2.43 bits per heavy atom. The van der Waals surface area contributed by atoms with Crippen LogP contribution in [0.1, 0.15) is 48.5 Å². The fourth-order valence-electron chi connectivity index (χ4n) is 3.66. The summed E-state index contributed by atoms with van der Waals surface area (Å²) in [6, 6.07) is 13.3. The fourth-order valence-corrected chi connectivity index (χ4v) is 3.66. The number of nitrogens with one attached hydrogen (secondary N) is 1. The van der Waals surface area contributed by atoms with Crippen LogP contribution in [0.5, 0.6) is 0 Å². The molecular formula is C22H26FN3O2. The summed E-state index contributed by atoms with van der Waals surface area (Å²) in [7, 11) is 0. The zero-order valence-corrected chi connectivity index (χ0v) is 16.0. The largest absolute Gasteiger partial charge is 0.336 e. The maximum Gasteiger partial charge on any atom is 0.255 e. The Morgan fingerprint density at radius 2 is 1.79 bits per heavy atom. The second-order valence-electron chi connectivity index (χ2n) is 7.38. The molecule has 28 heavy (non-hydrogen) atoms. The zero-order valence-electron chi connectivity index (χ0n) is 16.0. The van der Waals surface area contributed by atoms with Crippen molar-refractivity contribution < 1.29 is 14.0 Å². The van der Waals surface area contributed by atoms with Gasteiger partial charge >= 0.3 is 0 Å². The van der Waals surface area contributed by atoms with Gasteiger partial charge in [0.15, 0.2) is 0 Å². The molecule has 0 aliphatic heterocycles. The Kier molecular flexibility index (Phi) is 6.41. The molecule has 1 saturated carbocycles. The minimum Gasteiger partial charge on any atom is -0.336 e. The molecule has 0 aromatic heterocycles. The summed E-state index contributed by atoms with van der Waals surface area (Å²) in [5, 5.41) is 2.82. The van der Waals surface area contributed by atoms with E-state index in [1.807, 2.05) is 23.1 Å². The van der Waals surface area contributed by atoms with Crippen molar-refractivity contribution in [3.05, 3.63) is 65.5 Å². The van der Waals surface area contributed by atoms with Crippen molar-refractivity contribution in [2.24, 2.45) is 5.73 Å². The lowest BCUT2D eigenvalue weighted by Crippen LogP contribution is -2.42. The molecule has 6 heteroatoms. The molecule has 0 heterocycles. The van der Waals surface area contributed by atoms with Crippen molar-refractivity contribution in [3.8, 4) is 0 Å². The summed E-state index contributed by atoms with van der Waals surface area (Å²) in [5.74, 6) is -0.644. The number of hydrogen-bond donors (Lipinski definition) is 2. The number of nitrogens with zero attached hydrogens (tertiary/aromatic N) is 1. The van der Waals surface area contributed by atoms with Gasteiger partial charge in [-0.3, -0.25) is 9.59 Å². The van der Waals surface area contributed by atoms with E-state index in [9.17, 15) is 14.0 Å². The zero-order chi connectivity index (χ0) is 20.1. The van der Waals surface area contributed by atoms with Gasteiger partial charge in [-0.15, -0.1) is 0 Å². The van der Waals surface area contributed by atoms with Gasteiger partial charge in [-0.25, -0.2) is 4.39 Å². The first kappa shape index (κ1) is 20.0. The highest BCUT2D eigenvalue weighted by molar-refractivity contribution is 6.04. The molecule has 148 valence electrons. The van der Waals surface area contributed by atoms with Gasteiger partial charge in [0.2, 0.25) is 5.91 Å². The maximum absolute atomic E-state index is 13.0. The maximum atomic E-state index is 13.0. The van der Waals surface area contributed by atoms with Gasteiger partial charge in [0.1, 0.15) is 5.82 Å². The van der Waals surface area contributed by atoms with E-state index in [4.69, 9.17) is 5.73 Å². The van der Waals surface area contributed by atoms with Crippen LogP contribution in [0.25, 0.3) is 0 Å². The van der Waals surface area contributed by atoms with E-state index in [-0.39, 0.29) is 29.7 Å². The number of carbonyl (C=O) groups is 2. The number of amides is 2. The number of hydrogen-bond acceptors (Lipinski definition) is 3. The Morgan fingerprint density at radius 1 is 1.11 bits per heavy atom. The molecule has 0 radical (unpaired) electrons. The van der Waals surface area contributed by atoms with E-state index in [0.717, 1.165) is 31.2 Å². The van der Waals surface area contributed by atoms with Gasteiger partial charge in [-0.2, -0.15) is 0 Å². The van der Waals surface area contributed by atoms with E-state index in [1.165, 1.54) is 24.3 Å². The molecule has 3 N–H and O–H groups in total. The fraction of sp³-hybridized carbons (Fsp3) is 0.364. The van der Waals surface area contributed by atoms with Gasteiger partial charge in [0.05, 0.1) is 0 Å². The molecular weight excluding hydrogens is 357 g/mol. The van der Waals surface area contributed by atoms with Crippen molar-refractivity contribution in [1.29, 1.82) is 0 Å². The van der Waals surface area contributed by atoms with E-state index in [0.29, 0.717) is 17.8 Å². The van der Waals surface area contributed by atoms with Gasteiger partial charge in [0.25, 0.3) is 5.91 Å². The number of anilines is 1. The third kappa shape index (κ3) is 5.16. The average molecular weight is 383 g/mol. The topological polar surface area (TPSA) is 75.4 Å². The van der Waals surface area contributed by atoms with Crippen molar-refractivity contribution in [2.75, 3.05) is 5.32 Å². The highest BCUT2D eigenvalue weighted by Gasteiger charge is 2.26. The van der Waals surface area contributed by atoms with E-state index < -0.39 is 0 Å². The quantitative estimate of drug-likeness (QED) is 0.827. The van der Waals surface area contributed by atoms with Crippen LogP contribution in [0.2, 0.25) is 0 Å². The van der Waals surface area contributed by atoms with Crippen LogP contribution < -0.4 is 11.1 Å². The van der Waals surface area contributed by atoms with Crippen molar-refractivity contribution in [1.82, 2.24) is 4.90 Å². The molecule has 1 aliphatic rings. The Labute approximate surface area is 164 Å². The molecule has 0 bridgehead atoms. The summed E-state index contributed by atoms with van der Waals surface area (Å²) in [5.41, 5.74) is 7.95. The van der Waals surface area contributed by atoms with Crippen LogP contribution in [0, 0.1) is 5.82 Å². The Balaban J connectivity index is 1.68. The number of carbonyl (C=O) groups excluding carboxylic acids is 2. The number of rotatable bonds is 5. The molecule has 1 aliphatic carbocycles. The molecule has 0 atom stereocenters. The van der Waals surface area contributed by atoms with E-state index in [2.05, 4.69) is 5.32 Å².